The number of piperidine rings is 3. The number of amides is 1. The number of rotatable bonds is 1. The molecule has 3 saturated heterocycles. The molecule has 122 valence electrons. The van der Waals surface area contributed by atoms with Gasteiger partial charge in [-0.2, -0.15) is 0 Å². The molecule has 1 amide bonds. The van der Waals surface area contributed by atoms with Gasteiger partial charge < -0.3 is 14.8 Å². The molecule has 0 saturated carbocycles. The fourth-order valence-electron chi connectivity index (χ4n) is 4.56. The van der Waals surface area contributed by atoms with Gasteiger partial charge in [0.15, 0.2) is 0 Å². The molecule has 0 radical (unpaired) electrons. The third kappa shape index (κ3) is 2.24. The molecule has 5 heterocycles. The number of carbonyl (C=O) groups is 1. The Labute approximate surface area is 149 Å². The zero-order valence-electron chi connectivity index (χ0n) is 12.7. The lowest BCUT2D eigenvalue weighted by Crippen LogP contribution is -2.58. The molecule has 2 bridgehead atoms. The molecule has 1 N–H and O–H groups in total. The second kappa shape index (κ2) is 5.50. The van der Waals surface area contributed by atoms with Gasteiger partial charge in [0.25, 0.3) is 5.91 Å². The molecule has 6 rings (SSSR count). The van der Waals surface area contributed by atoms with E-state index in [-0.39, 0.29) is 18.3 Å². The van der Waals surface area contributed by atoms with Crippen molar-refractivity contribution in [1.29, 1.82) is 0 Å². The van der Waals surface area contributed by atoms with Crippen LogP contribution in [0.15, 0.2) is 22.8 Å². The molecule has 1 atom stereocenters. The van der Waals surface area contributed by atoms with Crippen LogP contribution in [0.4, 0.5) is 0 Å². The molecule has 1 aromatic heterocycles. The zero-order valence-corrected chi connectivity index (χ0v) is 15.1. The van der Waals surface area contributed by atoms with E-state index in [0.717, 1.165) is 34.0 Å². The maximum atomic E-state index is 13.1. The van der Waals surface area contributed by atoms with Crippen molar-refractivity contribution in [1.82, 2.24) is 14.8 Å². The molecular formula is C17H19BrClN3O. The van der Waals surface area contributed by atoms with Gasteiger partial charge in [0.05, 0.1) is 5.56 Å². The normalized spacial score (nSPS) is 29.0. The number of aromatic amines is 1. The Balaban J connectivity index is 0.00000135. The molecule has 0 aliphatic carbocycles. The van der Waals surface area contributed by atoms with Crippen molar-refractivity contribution in [2.75, 3.05) is 19.6 Å². The van der Waals surface area contributed by atoms with Gasteiger partial charge in [-0.1, -0.05) is 15.9 Å². The van der Waals surface area contributed by atoms with E-state index in [1.54, 1.807) is 0 Å². The van der Waals surface area contributed by atoms with E-state index in [9.17, 15) is 4.79 Å². The summed E-state index contributed by atoms with van der Waals surface area (Å²) in [7, 11) is 0. The van der Waals surface area contributed by atoms with Gasteiger partial charge in [-0.3, -0.25) is 4.79 Å². The van der Waals surface area contributed by atoms with E-state index in [2.05, 4.69) is 43.0 Å². The van der Waals surface area contributed by atoms with Gasteiger partial charge >= 0.3 is 0 Å². The minimum atomic E-state index is 0. The van der Waals surface area contributed by atoms with Crippen LogP contribution in [0.25, 0.3) is 10.9 Å². The van der Waals surface area contributed by atoms with Crippen LogP contribution in [-0.2, 0) is 6.54 Å². The maximum Gasteiger partial charge on any atom is 0.255 e. The van der Waals surface area contributed by atoms with Crippen molar-refractivity contribution < 1.29 is 4.79 Å². The van der Waals surface area contributed by atoms with Crippen molar-refractivity contribution >= 4 is 45.1 Å². The van der Waals surface area contributed by atoms with Crippen molar-refractivity contribution in [2.24, 2.45) is 5.92 Å². The number of aromatic nitrogens is 1. The van der Waals surface area contributed by atoms with Crippen molar-refractivity contribution in [3.8, 4) is 0 Å². The van der Waals surface area contributed by atoms with Crippen molar-refractivity contribution in [3.05, 3.63) is 33.9 Å². The average Bonchev–Trinajstić information content (AvgIpc) is 2.95. The standard InChI is InChI=1S/C17H18BrN3O.ClH/c18-12-5-13-16-11(7-19-14(16)6-12)8-21(17(13)22)15-9-20-3-1-10(15)2-4-20;/h5-7,10,15,19H,1-4,8-9H2;1H/t15-;/m0./s1. The average molecular weight is 397 g/mol. The molecular weight excluding hydrogens is 378 g/mol. The van der Waals surface area contributed by atoms with E-state index in [1.807, 2.05) is 6.07 Å². The minimum Gasteiger partial charge on any atom is -0.361 e. The fourth-order valence-corrected chi connectivity index (χ4v) is 5.02. The summed E-state index contributed by atoms with van der Waals surface area (Å²) in [6.07, 6.45) is 4.55. The van der Waals surface area contributed by atoms with Gasteiger partial charge in [0.1, 0.15) is 0 Å². The highest BCUT2D eigenvalue weighted by atomic mass is 79.9. The minimum absolute atomic E-state index is 0. The van der Waals surface area contributed by atoms with Crippen molar-refractivity contribution in [3.63, 3.8) is 0 Å². The summed E-state index contributed by atoms with van der Waals surface area (Å²) in [5.74, 6) is 0.884. The van der Waals surface area contributed by atoms with Crippen LogP contribution in [0.1, 0.15) is 28.8 Å². The molecule has 0 unspecified atom stereocenters. The smallest absolute Gasteiger partial charge is 0.255 e. The Morgan fingerprint density at radius 1 is 1.22 bits per heavy atom. The number of H-pyrrole nitrogens is 1. The lowest BCUT2D eigenvalue weighted by Gasteiger charge is -2.49. The van der Waals surface area contributed by atoms with Crippen molar-refractivity contribution in [2.45, 2.75) is 25.4 Å². The summed E-state index contributed by atoms with van der Waals surface area (Å²) < 4.78 is 0.965. The van der Waals surface area contributed by atoms with Crippen LogP contribution in [0.5, 0.6) is 0 Å². The predicted molar refractivity (Wildman–Crippen MR) is 96.1 cm³/mol. The number of nitrogens with zero attached hydrogens (tertiary/aromatic N) is 2. The molecule has 6 heteroatoms. The number of hydrogen-bond donors (Lipinski definition) is 1. The third-order valence-electron chi connectivity index (χ3n) is 5.68. The van der Waals surface area contributed by atoms with Crippen LogP contribution in [0.3, 0.4) is 0 Å². The van der Waals surface area contributed by atoms with Crippen LogP contribution >= 0.6 is 28.3 Å². The summed E-state index contributed by atoms with van der Waals surface area (Å²) >= 11 is 3.53. The molecule has 23 heavy (non-hydrogen) atoms. The number of nitrogens with one attached hydrogen (secondary N) is 1. The first-order valence-electron chi connectivity index (χ1n) is 8.03. The highest BCUT2D eigenvalue weighted by Gasteiger charge is 2.41. The van der Waals surface area contributed by atoms with E-state index in [4.69, 9.17) is 0 Å². The first kappa shape index (κ1) is 15.5. The molecule has 2 aromatic rings. The van der Waals surface area contributed by atoms with Gasteiger partial charge in [0.2, 0.25) is 0 Å². The number of carbonyl (C=O) groups excluding carboxylic acids is 1. The van der Waals surface area contributed by atoms with Crippen LogP contribution in [0.2, 0.25) is 0 Å². The highest BCUT2D eigenvalue weighted by Crippen LogP contribution is 2.37. The van der Waals surface area contributed by atoms with E-state index < -0.39 is 0 Å². The Morgan fingerprint density at radius 3 is 2.70 bits per heavy atom. The van der Waals surface area contributed by atoms with E-state index in [1.165, 1.54) is 31.5 Å². The molecule has 1 aromatic carbocycles. The van der Waals surface area contributed by atoms with E-state index in [0.29, 0.717) is 12.0 Å². The fraction of sp³-hybridized carbons (Fsp3) is 0.471. The van der Waals surface area contributed by atoms with Crippen LogP contribution in [0, 0.1) is 5.92 Å². The van der Waals surface area contributed by atoms with Gasteiger partial charge in [-0.15, -0.1) is 12.4 Å². The summed E-state index contributed by atoms with van der Waals surface area (Å²) in [6, 6.07) is 4.42. The number of halogens is 2. The number of benzene rings is 1. The van der Waals surface area contributed by atoms with Gasteiger partial charge in [-0.25, -0.2) is 0 Å². The lowest BCUT2D eigenvalue weighted by atomic mass is 9.82. The van der Waals surface area contributed by atoms with Gasteiger partial charge in [0, 0.05) is 40.7 Å². The monoisotopic (exact) mass is 395 g/mol. The predicted octanol–water partition coefficient (Wildman–Crippen LogP) is 3.40. The molecule has 4 aliphatic heterocycles. The Bertz CT molecular complexity index is 781. The number of fused-ring (bicyclic) bond motifs is 3. The largest absolute Gasteiger partial charge is 0.361 e. The Hall–Kier alpha value is -1.04. The zero-order chi connectivity index (χ0) is 14.8. The summed E-state index contributed by atoms with van der Waals surface area (Å²) in [5, 5.41) is 1.12. The number of hydrogen-bond acceptors (Lipinski definition) is 2. The second-order valence-corrected chi connectivity index (χ2v) is 7.74. The summed E-state index contributed by atoms with van der Waals surface area (Å²) in [4.78, 5) is 21.1. The maximum absolute atomic E-state index is 13.1. The summed E-state index contributed by atoms with van der Waals surface area (Å²) in [5.41, 5.74) is 3.16. The van der Waals surface area contributed by atoms with Crippen LogP contribution < -0.4 is 0 Å². The van der Waals surface area contributed by atoms with Crippen LogP contribution in [-0.4, -0.2) is 46.4 Å². The lowest BCUT2D eigenvalue weighted by molar-refractivity contribution is 0.00407. The highest BCUT2D eigenvalue weighted by molar-refractivity contribution is 9.10. The quantitative estimate of drug-likeness (QED) is 0.802. The second-order valence-electron chi connectivity index (χ2n) is 6.83. The molecule has 0 spiro atoms. The van der Waals surface area contributed by atoms with Gasteiger partial charge in [-0.05, 0) is 49.5 Å². The topological polar surface area (TPSA) is 39.3 Å². The first-order valence-corrected chi connectivity index (χ1v) is 8.83. The molecule has 3 fully saturated rings. The Morgan fingerprint density at radius 2 is 2.00 bits per heavy atom. The molecule has 4 nitrogen and oxygen atoms in total. The third-order valence-corrected chi connectivity index (χ3v) is 6.14. The van der Waals surface area contributed by atoms with E-state index >= 15 is 0 Å². The SMILES string of the molecule is Cl.O=C1c2cc(Br)cc3[nH]cc(c23)CN1[C@H]1CN2CCC1CC2. The first-order chi connectivity index (χ1) is 10.7. The summed E-state index contributed by atoms with van der Waals surface area (Å²) in [6.45, 7) is 4.22. The Kier molecular flexibility index (Phi) is 3.70. The molecule has 4 aliphatic rings.